The van der Waals surface area contributed by atoms with Crippen molar-refractivity contribution >= 4 is 15.9 Å². The first-order valence-corrected chi connectivity index (χ1v) is 6.05. The molecule has 1 fully saturated rings. The number of allylic oxidation sites excluding steroid dienone is 1. The third kappa shape index (κ3) is 3.30. The second kappa shape index (κ2) is 5.80. The number of rotatable bonds is 3. The standard InChI is InChI=1S/C11H19Br/c1-2-3-10-4-6-11(7-5-10)8-9-12/h8-11H,2-7H2,1H3/t10-,11-. The van der Waals surface area contributed by atoms with E-state index in [0.717, 1.165) is 11.8 Å². The van der Waals surface area contributed by atoms with Crippen LogP contribution in [0.15, 0.2) is 11.1 Å². The predicted molar refractivity (Wildman–Crippen MR) is 58.4 cm³/mol. The van der Waals surface area contributed by atoms with Crippen molar-refractivity contribution in [1.82, 2.24) is 0 Å². The monoisotopic (exact) mass is 230 g/mol. The lowest BCUT2D eigenvalue weighted by Gasteiger charge is -2.26. The van der Waals surface area contributed by atoms with Crippen LogP contribution in [0.1, 0.15) is 45.4 Å². The molecular weight excluding hydrogens is 212 g/mol. The second-order valence-electron chi connectivity index (χ2n) is 3.89. The van der Waals surface area contributed by atoms with Crippen LogP contribution in [0, 0.1) is 11.8 Å². The molecule has 1 aliphatic carbocycles. The molecule has 0 unspecified atom stereocenters. The first-order chi connectivity index (χ1) is 5.86. The van der Waals surface area contributed by atoms with E-state index < -0.39 is 0 Å². The Labute approximate surface area is 84.6 Å². The summed E-state index contributed by atoms with van der Waals surface area (Å²) in [6.07, 6.45) is 10.8. The Bertz CT molecular complexity index is 132. The summed E-state index contributed by atoms with van der Waals surface area (Å²) < 4.78 is 0. The van der Waals surface area contributed by atoms with Gasteiger partial charge in [0.2, 0.25) is 0 Å². The van der Waals surface area contributed by atoms with E-state index in [1.54, 1.807) is 0 Å². The topological polar surface area (TPSA) is 0 Å². The Kier molecular flexibility index (Phi) is 4.98. The van der Waals surface area contributed by atoms with E-state index in [9.17, 15) is 0 Å². The van der Waals surface area contributed by atoms with Gasteiger partial charge >= 0.3 is 0 Å². The first-order valence-electron chi connectivity index (χ1n) is 5.13. The largest absolute Gasteiger partial charge is 0.0745 e. The van der Waals surface area contributed by atoms with Crippen LogP contribution in [0.3, 0.4) is 0 Å². The predicted octanol–water partition coefficient (Wildman–Crippen LogP) is 4.50. The minimum atomic E-state index is 0.859. The molecule has 0 bridgehead atoms. The van der Waals surface area contributed by atoms with Gasteiger partial charge in [-0.2, -0.15) is 0 Å². The summed E-state index contributed by atoms with van der Waals surface area (Å²) in [5.74, 6) is 1.90. The summed E-state index contributed by atoms with van der Waals surface area (Å²) in [7, 11) is 0. The SMILES string of the molecule is CCC[C@H]1CC[C@H](C=CBr)CC1. The van der Waals surface area contributed by atoms with Crippen LogP contribution in [0.25, 0.3) is 0 Å². The maximum Gasteiger partial charge on any atom is -0.0225 e. The molecule has 0 aliphatic heterocycles. The van der Waals surface area contributed by atoms with E-state index >= 15 is 0 Å². The van der Waals surface area contributed by atoms with E-state index in [2.05, 4.69) is 28.9 Å². The van der Waals surface area contributed by atoms with Gasteiger partial charge in [0, 0.05) is 0 Å². The Hall–Kier alpha value is 0.220. The molecule has 1 heteroatoms. The Morgan fingerprint density at radius 2 is 1.92 bits per heavy atom. The van der Waals surface area contributed by atoms with E-state index in [-0.39, 0.29) is 0 Å². The van der Waals surface area contributed by atoms with Crippen LogP contribution in [-0.2, 0) is 0 Å². The van der Waals surface area contributed by atoms with Gasteiger partial charge in [0.1, 0.15) is 0 Å². The van der Waals surface area contributed by atoms with Gasteiger partial charge in [-0.25, -0.2) is 0 Å². The normalized spacial score (nSPS) is 31.2. The zero-order chi connectivity index (χ0) is 8.81. The van der Waals surface area contributed by atoms with Crippen LogP contribution < -0.4 is 0 Å². The van der Waals surface area contributed by atoms with Crippen molar-refractivity contribution in [3.05, 3.63) is 11.1 Å². The van der Waals surface area contributed by atoms with Crippen molar-refractivity contribution in [2.45, 2.75) is 45.4 Å². The lowest BCUT2D eigenvalue weighted by atomic mass is 9.80. The fourth-order valence-electron chi connectivity index (χ4n) is 2.18. The molecule has 1 saturated carbocycles. The Morgan fingerprint density at radius 1 is 1.25 bits per heavy atom. The molecule has 0 spiro atoms. The number of halogens is 1. The van der Waals surface area contributed by atoms with Crippen molar-refractivity contribution in [1.29, 1.82) is 0 Å². The maximum absolute atomic E-state index is 3.35. The molecule has 70 valence electrons. The zero-order valence-electron chi connectivity index (χ0n) is 7.93. The lowest BCUT2D eigenvalue weighted by Crippen LogP contribution is -2.12. The summed E-state index contributed by atoms with van der Waals surface area (Å²) in [5.41, 5.74) is 0. The van der Waals surface area contributed by atoms with Crippen LogP contribution in [0.2, 0.25) is 0 Å². The van der Waals surface area contributed by atoms with Gasteiger partial charge in [-0.1, -0.05) is 41.8 Å². The molecule has 0 aromatic rings. The average Bonchev–Trinajstić information content (AvgIpc) is 2.09. The molecule has 0 nitrogen and oxygen atoms in total. The van der Waals surface area contributed by atoms with E-state index in [0.29, 0.717) is 0 Å². The molecule has 1 aliphatic rings. The van der Waals surface area contributed by atoms with Crippen molar-refractivity contribution in [3.63, 3.8) is 0 Å². The van der Waals surface area contributed by atoms with Gasteiger partial charge in [-0.15, -0.1) is 0 Å². The molecule has 12 heavy (non-hydrogen) atoms. The molecule has 0 radical (unpaired) electrons. The highest BCUT2D eigenvalue weighted by atomic mass is 79.9. The number of hydrogen-bond acceptors (Lipinski definition) is 0. The van der Waals surface area contributed by atoms with Gasteiger partial charge < -0.3 is 0 Å². The average molecular weight is 231 g/mol. The van der Waals surface area contributed by atoms with Crippen molar-refractivity contribution in [2.75, 3.05) is 0 Å². The fourth-order valence-corrected chi connectivity index (χ4v) is 2.61. The maximum atomic E-state index is 3.35. The molecule has 0 amide bonds. The molecule has 0 saturated heterocycles. The molecule has 1 rings (SSSR count). The second-order valence-corrected chi connectivity index (χ2v) is 4.42. The summed E-state index contributed by atoms with van der Waals surface area (Å²) in [6, 6.07) is 0. The van der Waals surface area contributed by atoms with E-state index in [1.165, 1.54) is 38.5 Å². The fraction of sp³-hybridized carbons (Fsp3) is 0.818. The first kappa shape index (κ1) is 10.3. The minimum Gasteiger partial charge on any atom is -0.0745 e. The summed E-state index contributed by atoms with van der Waals surface area (Å²) in [4.78, 5) is 2.03. The van der Waals surface area contributed by atoms with E-state index in [4.69, 9.17) is 0 Å². The molecule has 0 aromatic carbocycles. The Balaban J connectivity index is 2.20. The van der Waals surface area contributed by atoms with Gasteiger partial charge in [-0.05, 0) is 42.5 Å². The van der Waals surface area contributed by atoms with Gasteiger partial charge in [-0.3, -0.25) is 0 Å². The molecule has 0 N–H and O–H groups in total. The Morgan fingerprint density at radius 3 is 2.42 bits per heavy atom. The van der Waals surface area contributed by atoms with E-state index in [1.807, 2.05) is 4.99 Å². The zero-order valence-corrected chi connectivity index (χ0v) is 9.52. The van der Waals surface area contributed by atoms with Gasteiger partial charge in [0.15, 0.2) is 0 Å². The number of hydrogen-bond donors (Lipinski definition) is 0. The van der Waals surface area contributed by atoms with Crippen LogP contribution >= 0.6 is 15.9 Å². The highest BCUT2D eigenvalue weighted by Gasteiger charge is 2.18. The summed E-state index contributed by atoms with van der Waals surface area (Å²) in [6.45, 7) is 2.30. The van der Waals surface area contributed by atoms with Crippen LogP contribution in [0.4, 0.5) is 0 Å². The molecule has 0 atom stereocenters. The lowest BCUT2D eigenvalue weighted by molar-refractivity contribution is 0.294. The van der Waals surface area contributed by atoms with Gasteiger partial charge in [0.25, 0.3) is 0 Å². The highest BCUT2D eigenvalue weighted by molar-refractivity contribution is 9.11. The minimum absolute atomic E-state index is 0.859. The molecule has 0 heterocycles. The van der Waals surface area contributed by atoms with Crippen molar-refractivity contribution < 1.29 is 0 Å². The summed E-state index contributed by atoms with van der Waals surface area (Å²) in [5, 5.41) is 0. The van der Waals surface area contributed by atoms with Crippen molar-refractivity contribution in [3.8, 4) is 0 Å². The van der Waals surface area contributed by atoms with Crippen LogP contribution in [0.5, 0.6) is 0 Å². The third-order valence-corrected chi connectivity index (χ3v) is 3.24. The molecular formula is C11H19Br. The quantitative estimate of drug-likeness (QED) is 0.670. The van der Waals surface area contributed by atoms with Crippen LogP contribution in [-0.4, -0.2) is 0 Å². The summed E-state index contributed by atoms with van der Waals surface area (Å²) >= 11 is 3.35. The molecule has 0 aromatic heterocycles. The highest BCUT2D eigenvalue weighted by Crippen LogP contribution is 2.32. The smallest absolute Gasteiger partial charge is 0.0225 e. The third-order valence-electron chi connectivity index (χ3n) is 2.93. The van der Waals surface area contributed by atoms with Crippen molar-refractivity contribution in [2.24, 2.45) is 11.8 Å². The van der Waals surface area contributed by atoms with Gasteiger partial charge in [0.05, 0.1) is 0 Å².